The molecule has 66 heavy (non-hydrogen) atoms. The molecule has 1 aromatic rings. The molecule has 1 rings (SSSR count). The molecular formula is C38H55F27O. The average Bonchev–Trinajstić information content (AvgIpc) is 3.15. The normalized spacial score (nSPS) is 13.4. The SMILES string of the molecule is CCC.CCC(C)C(F)(F)F.CCC(F)(F)C(F)(F)C(C)(F)F.CCC(F)(F)C(F)(F)C(F)(F)C(F)(F)C(C)(F)F.CCC(F)(F)F.CCCOF.Cc1c(F)c(F)c(C(C)C)c(F)c1F. The topological polar surface area (TPSA) is 9.23 Å². The van der Waals surface area contributed by atoms with Gasteiger partial charge in [-0.3, -0.25) is 0 Å². The van der Waals surface area contributed by atoms with E-state index in [-0.39, 0.29) is 20.0 Å². The third-order valence-corrected chi connectivity index (χ3v) is 7.65. The summed E-state index contributed by atoms with van der Waals surface area (Å²) in [6.07, 6.45) is -9.74. The maximum absolute atomic E-state index is 13.2. The highest BCUT2D eigenvalue weighted by Gasteiger charge is 2.84. The molecule has 1 nitrogen and oxygen atoms in total. The molecule has 28 heteroatoms. The van der Waals surface area contributed by atoms with Gasteiger partial charge in [0, 0.05) is 44.2 Å². The first kappa shape index (κ1) is 74.8. The fourth-order valence-corrected chi connectivity index (χ4v) is 3.04. The third kappa shape index (κ3) is 23.1. The van der Waals surface area contributed by atoms with E-state index in [1.54, 1.807) is 0 Å². The van der Waals surface area contributed by atoms with E-state index in [2.05, 4.69) is 18.8 Å². The second kappa shape index (κ2) is 29.3. The van der Waals surface area contributed by atoms with E-state index in [4.69, 9.17) is 0 Å². The van der Waals surface area contributed by atoms with Gasteiger partial charge in [0.25, 0.3) is 0 Å². The van der Waals surface area contributed by atoms with Crippen LogP contribution in [0.5, 0.6) is 0 Å². The van der Waals surface area contributed by atoms with Crippen molar-refractivity contribution in [2.75, 3.05) is 6.61 Å². The molecule has 0 radical (unpaired) electrons. The van der Waals surface area contributed by atoms with Crippen molar-refractivity contribution in [3.63, 3.8) is 0 Å². The Balaban J connectivity index is -0.000000169. The van der Waals surface area contributed by atoms with Crippen LogP contribution >= 0.6 is 0 Å². The van der Waals surface area contributed by atoms with Gasteiger partial charge in [0.15, 0.2) is 23.3 Å². The molecule has 0 aliphatic rings. The summed E-state index contributed by atoms with van der Waals surface area (Å²) in [7, 11) is 0. The minimum absolute atomic E-state index is 0.170. The number of hydrogen-bond acceptors (Lipinski definition) is 1. The Kier molecular flexibility index (Phi) is 33.3. The quantitative estimate of drug-likeness (QED) is 0.150. The summed E-state index contributed by atoms with van der Waals surface area (Å²) in [5.41, 5.74) is -1.16. The van der Waals surface area contributed by atoms with E-state index >= 15 is 0 Å². The largest absolute Gasteiger partial charge is 0.391 e. The van der Waals surface area contributed by atoms with Crippen LogP contribution in [0.15, 0.2) is 0 Å². The fraction of sp³-hybridized carbons (Fsp3) is 0.842. The lowest BCUT2D eigenvalue weighted by atomic mass is 9.94. The zero-order chi connectivity index (χ0) is 55.3. The molecule has 0 saturated heterocycles. The van der Waals surface area contributed by atoms with Gasteiger partial charge in [0.1, 0.15) is 0 Å². The van der Waals surface area contributed by atoms with Crippen LogP contribution in [0.1, 0.15) is 139 Å². The summed E-state index contributed by atoms with van der Waals surface area (Å²) < 4.78 is 328. The molecule has 0 aromatic heterocycles. The molecule has 0 N–H and O–H groups in total. The first-order valence-corrected chi connectivity index (χ1v) is 19.1. The van der Waals surface area contributed by atoms with Crippen molar-refractivity contribution in [2.24, 2.45) is 5.92 Å². The predicted octanol–water partition coefficient (Wildman–Crippen LogP) is 18.9. The van der Waals surface area contributed by atoms with Gasteiger partial charge in [-0.1, -0.05) is 75.7 Å². The van der Waals surface area contributed by atoms with Crippen LogP contribution in [0.4, 0.5) is 119 Å². The third-order valence-electron chi connectivity index (χ3n) is 7.65. The van der Waals surface area contributed by atoms with Gasteiger partial charge in [-0.25, -0.2) is 17.6 Å². The Bertz CT molecular complexity index is 1410. The van der Waals surface area contributed by atoms with Crippen LogP contribution < -0.4 is 0 Å². The minimum Gasteiger partial charge on any atom is -0.203 e. The maximum Gasteiger partial charge on any atom is 0.391 e. The Morgan fingerprint density at radius 2 is 0.742 bits per heavy atom. The van der Waals surface area contributed by atoms with Gasteiger partial charge in [0.05, 0.1) is 12.5 Å². The Labute approximate surface area is 365 Å². The van der Waals surface area contributed by atoms with Gasteiger partial charge < -0.3 is 0 Å². The lowest BCUT2D eigenvalue weighted by molar-refractivity contribution is -0.398. The van der Waals surface area contributed by atoms with Crippen LogP contribution in [0.25, 0.3) is 0 Å². The van der Waals surface area contributed by atoms with Crippen LogP contribution in [0.2, 0.25) is 0 Å². The number of benzene rings is 1. The number of alkyl halides is 22. The van der Waals surface area contributed by atoms with Crippen LogP contribution in [-0.4, -0.2) is 66.3 Å². The first-order valence-electron chi connectivity index (χ1n) is 19.1. The van der Waals surface area contributed by atoms with Gasteiger partial charge in [-0.15, -0.1) is 0 Å². The molecule has 402 valence electrons. The summed E-state index contributed by atoms with van der Waals surface area (Å²) in [5, 5.41) is 0. The zero-order valence-corrected chi connectivity index (χ0v) is 37.7. The van der Waals surface area contributed by atoms with Crippen LogP contribution in [0, 0.1) is 36.1 Å². The molecule has 1 aromatic carbocycles. The summed E-state index contributed by atoms with van der Waals surface area (Å²) in [4.78, 5) is 3.19. The van der Waals surface area contributed by atoms with Crippen molar-refractivity contribution in [3.05, 3.63) is 34.4 Å². The summed E-state index contributed by atoms with van der Waals surface area (Å²) in [6, 6.07) is 0. The first-order chi connectivity index (χ1) is 28.9. The van der Waals surface area contributed by atoms with E-state index in [1.165, 1.54) is 34.1 Å². The highest BCUT2D eigenvalue weighted by Crippen LogP contribution is 2.57. The number of halogens is 27. The predicted molar refractivity (Wildman–Crippen MR) is 192 cm³/mol. The van der Waals surface area contributed by atoms with Crippen molar-refractivity contribution in [1.29, 1.82) is 0 Å². The molecule has 1 atom stereocenters. The molecule has 0 aliphatic carbocycles. The van der Waals surface area contributed by atoms with E-state index in [1.807, 2.05) is 6.92 Å². The summed E-state index contributed by atoms with van der Waals surface area (Å²) in [5.74, 6) is -52.9. The van der Waals surface area contributed by atoms with E-state index in [0.29, 0.717) is 6.92 Å². The van der Waals surface area contributed by atoms with Crippen LogP contribution in [0.3, 0.4) is 0 Å². The Morgan fingerprint density at radius 3 is 0.879 bits per heavy atom. The monoisotopic (exact) mass is 1040 g/mol. The molecule has 0 amide bonds. The van der Waals surface area contributed by atoms with E-state index in [0.717, 1.165) is 27.2 Å². The molecule has 0 fully saturated rings. The van der Waals surface area contributed by atoms with Gasteiger partial charge >= 0.3 is 59.7 Å². The minimum atomic E-state index is -6.91. The smallest absolute Gasteiger partial charge is 0.203 e. The average molecular weight is 1040 g/mol. The zero-order valence-electron chi connectivity index (χ0n) is 37.7. The van der Waals surface area contributed by atoms with Crippen molar-refractivity contribution < 1.29 is 124 Å². The number of hydrogen-bond donors (Lipinski definition) is 0. The van der Waals surface area contributed by atoms with E-state index < -0.39 is 132 Å². The standard InChI is InChI=1S/C10H10F4.C8H8F10.C6H8F6.C5H9F3.C3H5F3.C3H7FO.C3H8/c1-4(2)6-9(13)7(11)5(3)8(12)10(6)14;1-3-5(11,12)7(15,16)8(17,18)6(13,14)4(2,9)10;1-3-5(9,10)6(11,12)4(2,7)8;1-3-4(2)5(6,7)8;1-2-3(4,5)6;1-2-3-5-4;1-3-2/h4H,1-3H3;3H2,1-2H3;3H2,1-2H3;4H,3H2,1-2H3;2H2,1H3;2-3H2,1H3;3H2,1-2H3. The van der Waals surface area contributed by atoms with Crippen molar-refractivity contribution >= 4 is 0 Å². The lowest BCUT2D eigenvalue weighted by Gasteiger charge is -2.38. The molecular weight excluding hydrogens is 985 g/mol. The molecule has 0 saturated carbocycles. The Hall–Kier alpha value is -2.71. The Morgan fingerprint density at radius 1 is 0.455 bits per heavy atom. The highest BCUT2D eigenvalue weighted by atomic mass is 19.4. The van der Waals surface area contributed by atoms with Crippen LogP contribution in [-0.2, 0) is 4.94 Å². The van der Waals surface area contributed by atoms with Gasteiger partial charge in [0.2, 0.25) is 0 Å². The lowest BCUT2D eigenvalue weighted by Crippen LogP contribution is -2.66. The maximum atomic E-state index is 13.2. The molecule has 0 heterocycles. The van der Waals surface area contributed by atoms with Gasteiger partial charge in [-0.05, 0) is 30.2 Å². The molecule has 1 unspecified atom stereocenters. The van der Waals surface area contributed by atoms with Crippen molar-refractivity contribution in [1.82, 2.24) is 0 Å². The molecule has 0 bridgehead atoms. The second-order valence-corrected chi connectivity index (χ2v) is 14.0. The number of rotatable bonds is 12. The van der Waals surface area contributed by atoms with Gasteiger partial charge in [-0.2, -0.15) is 102 Å². The highest BCUT2D eigenvalue weighted by molar-refractivity contribution is 5.30. The fourth-order valence-electron chi connectivity index (χ4n) is 3.04. The molecule has 0 aliphatic heterocycles. The van der Waals surface area contributed by atoms with Crippen molar-refractivity contribution in [3.8, 4) is 0 Å². The summed E-state index contributed by atoms with van der Waals surface area (Å²) >= 11 is 0. The van der Waals surface area contributed by atoms with Crippen molar-refractivity contribution in [2.45, 2.75) is 194 Å². The van der Waals surface area contributed by atoms with E-state index in [9.17, 15) is 119 Å². The second-order valence-electron chi connectivity index (χ2n) is 14.0. The summed E-state index contributed by atoms with van der Waals surface area (Å²) in [6.45, 7) is 14.1. The molecule has 0 spiro atoms.